The van der Waals surface area contributed by atoms with Crippen LogP contribution in [0.25, 0.3) is 22.2 Å². The number of benzene rings is 2. The van der Waals surface area contributed by atoms with Crippen LogP contribution in [0.2, 0.25) is 0 Å². The van der Waals surface area contributed by atoms with E-state index < -0.39 is 12.9 Å². The van der Waals surface area contributed by atoms with Gasteiger partial charge in [-0.25, -0.2) is 9.97 Å². The van der Waals surface area contributed by atoms with Crippen LogP contribution >= 0.6 is 0 Å². The third kappa shape index (κ3) is 5.73. The molecule has 2 aromatic heterocycles. The minimum atomic E-state index is -2.71. The number of ether oxygens (including phenoxy) is 1. The van der Waals surface area contributed by atoms with Crippen molar-refractivity contribution < 1.29 is 13.6 Å². The van der Waals surface area contributed by atoms with Crippen LogP contribution in [0.3, 0.4) is 0 Å². The zero-order valence-electron chi connectivity index (χ0n) is 24.4. The summed E-state index contributed by atoms with van der Waals surface area (Å²) in [4.78, 5) is 25.3. The Kier molecular flexibility index (Phi) is 6.58. The minimum Gasteiger partial charge on any atom is -0.494 e. The second-order valence-corrected chi connectivity index (χ2v) is 8.95. The topological polar surface area (TPSA) is 87.5 Å². The molecule has 0 spiro atoms. The van der Waals surface area contributed by atoms with Gasteiger partial charge in [0.2, 0.25) is 11.9 Å². The Bertz CT molecular complexity index is 1530. The molecule has 37 heavy (non-hydrogen) atoms. The van der Waals surface area contributed by atoms with E-state index in [0.717, 1.165) is 23.0 Å². The van der Waals surface area contributed by atoms with E-state index in [9.17, 15) is 4.79 Å². The lowest BCUT2D eigenvalue weighted by Gasteiger charge is -2.26. The van der Waals surface area contributed by atoms with Crippen LogP contribution in [0.1, 0.15) is 4.11 Å². The first-order valence-electron chi connectivity index (χ1n) is 13.3. The number of hydrogen-bond donors (Lipinski definition) is 2. The molecule has 0 aliphatic carbocycles. The molecule has 4 rings (SSSR count). The number of fused-ring (bicyclic) bond motifs is 1. The van der Waals surface area contributed by atoms with E-state index in [1.165, 1.54) is 6.08 Å². The van der Waals surface area contributed by atoms with Gasteiger partial charge in [-0.1, -0.05) is 24.8 Å². The Balaban J connectivity index is 1.77. The van der Waals surface area contributed by atoms with Crippen molar-refractivity contribution in [3.8, 4) is 17.0 Å². The molecule has 1 amide bonds. The van der Waals surface area contributed by atoms with Crippen LogP contribution in [-0.4, -0.2) is 66.6 Å². The fourth-order valence-electron chi connectivity index (χ4n) is 4.06. The molecule has 0 radical (unpaired) electrons. The number of para-hydroxylation sites is 1. The van der Waals surface area contributed by atoms with Gasteiger partial charge in [-0.15, -0.1) is 0 Å². The van der Waals surface area contributed by atoms with Crippen molar-refractivity contribution in [1.82, 2.24) is 19.4 Å². The second kappa shape index (κ2) is 11.1. The summed E-state index contributed by atoms with van der Waals surface area (Å²) in [6, 6.07) is 13.0. The van der Waals surface area contributed by atoms with Gasteiger partial charge in [0.25, 0.3) is 0 Å². The summed E-state index contributed by atoms with van der Waals surface area (Å²) in [5.41, 5.74) is 3.97. The normalized spacial score (nSPS) is 12.5. The molecule has 2 heterocycles. The lowest BCUT2D eigenvalue weighted by Crippen LogP contribution is -2.29. The third-order valence-corrected chi connectivity index (χ3v) is 6.02. The highest BCUT2D eigenvalue weighted by atomic mass is 16.5. The Morgan fingerprint density at radius 3 is 2.76 bits per heavy atom. The maximum Gasteiger partial charge on any atom is 0.247 e. The summed E-state index contributed by atoms with van der Waals surface area (Å²) in [6.45, 7) is 4.88. The highest BCUT2D eigenvalue weighted by Crippen LogP contribution is 2.38. The molecule has 9 nitrogen and oxygen atoms in total. The van der Waals surface area contributed by atoms with Crippen LogP contribution in [0.4, 0.5) is 23.0 Å². The lowest BCUT2D eigenvalue weighted by molar-refractivity contribution is -0.111. The molecule has 9 heteroatoms. The summed E-state index contributed by atoms with van der Waals surface area (Å²) in [5.74, 6) is -0.120. The highest BCUT2D eigenvalue weighted by Gasteiger charge is 2.17. The molecule has 0 unspecified atom stereocenters. The van der Waals surface area contributed by atoms with E-state index in [0.29, 0.717) is 23.6 Å². The van der Waals surface area contributed by atoms with Crippen molar-refractivity contribution in [2.24, 2.45) is 7.05 Å². The van der Waals surface area contributed by atoms with E-state index in [-0.39, 0.29) is 17.4 Å². The van der Waals surface area contributed by atoms with Crippen molar-refractivity contribution >= 4 is 39.8 Å². The fourth-order valence-corrected chi connectivity index (χ4v) is 4.06. The number of carbonyl (C=O) groups excluding carboxylic acids is 1. The van der Waals surface area contributed by atoms with Crippen molar-refractivity contribution in [3.63, 3.8) is 0 Å². The molecule has 0 aliphatic heterocycles. The van der Waals surface area contributed by atoms with Crippen LogP contribution in [0.5, 0.6) is 5.75 Å². The van der Waals surface area contributed by atoms with E-state index in [1.807, 2.05) is 79.1 Å². The fraction of sp³-hybridized carbons (Fsp3) is 0.250. The lowest BCUT2D eigenvalue weighted by atomic mass is 10.1. The predicted octanol–water partition coefficient (Wildman–Crippen LogP) is 4.51. The molecule has 0 bridgehead atoms. The number of nitrogens with zero attached hydrogens (tertiary/aromatic N) is 5. The quantitative estimate of drug-likeness (QED) is 0.309. The first-order chi connectivity index (χ1) is 18.9. The van der Waals surface area contributed by atoms with E-state index in [1.54, 1.807) is 18.3 Å². The van der Waals surface area contributed by atoms with Gasteiger partial charge in [0.1, 0.15) is 5.75 Å². The van der Waals surface area contributed by atoms with Crippen LogP contribution in [0.15, 0.2) is 67.5 Å². The number of likely N-dealkylation sites (N-methyl/N-ethyl adjacent to an activating group) is 2. The number of amides is 1. The van der Waals surface area contributed by atoms with Crippen molar-refractivity contribution in [1.29, 1.82) is 0 Å². The van der Waals surface area contributed by atoms with Crippen LogP contribution in [0, 0.1) is 0 Å². The standard InChI is InChI=1S/C28H33N7O2/c1-7-27(36)30-22-16-23(26(37-6)17-25(22)34(4)15-14-33(2)3)32-28-29-13-12-21(31-28)20-18-35(5)24-11-9-8-10-19(20)24/h7-13,16-18H,1,14-15H2,2-6H3,(H,30,36)(H,29,31,32)/i6D3. The molecular formula is C28H33N7O2. The maximum absolute atomic E-state index is 12.3. The average molecular weight is 503 g/mol. The largest absolute Gasteiger partial charge is 0.494 e. The summed E-state index contributed by atoms with van der Waals surface area (Å²) >= 11 is 0. The van der Waals surface area contributed by atoms with Gasteiger partial charge in [-0.3, -0.25) is 4.79 Å². The average Bonchev–Trinajstić information content (AvgIpc) is 3.24. The van der Waals surface area contributed by atoms with Gasteiger partial charge < -0.3 is 29.7 Å². The number of rotatable bonds is 10. The van der Waals surface area contributed by atoms with E-state index >= 15 is 0 Å². The Labute approximate surface area is 221 Å². The minimum absolute atomic E-state index is 0.0578. The molecule has 0 saturated heterocycles. The van der Waals surface area contributed by atoms with Gasteiger partial charge in [-0.2, -0.15) is 0 Å². The van der Waals surface area contributed by atoms with Gasteiger partial charge in [-0.05, 0) is 38.4 Å². The van der Waals surface area contributed by atoms with Gasteiger partial charge in [0.15, 0.2) is 0 Å². The van der Waals surface area contributed by atoms with Crippen molar-refractivity contribution in [3.05, 3.63) is 67.5 Å². The highest BCUT2D eigenvalue weighted by molar-refractivity contribution is 6.02. The third-order valence-electron chi connectivity index (χ3n) is 6.02. The first-order valence-corrected chi connectivity index (χ1v) is 11.8. The summed E-state index contributed by atoms with van der Waals surface area (Å²) in [7, 11) is 5.02. The van der Waals surface area contributed by atoms with Gasteiger partial charge in [0, 0.05) is 62.1 Å². The molecule has 0 saturated carbocycles. The van der Waals surface area contributed by atoms with Crippen LogP contribution in [-0.2, 0) is 11.8 Å². The number of hydrogen-bond acceptors (Lipinski definition) is 7. The van der Waals surface area contributed by atoms with E-state index in [4.69, 9.17) is 13.8 Å². The zero-order chi connectivity index (χ0) is 29.0. The molecule has 192 valence electrons. The Morgan fingerprint density at radius 2 is 2.00 bits per heavy atom. The number of nitrogens with one attached hydrogen (secondary N) is 2. The molecule has 0 fully saturated rings. The summed E-state index contributed by atoms with van der Waals surface area (Å²) in [6.07, 6.45) is 4.79. The SMILES string of the molecule is [2H]C([2H])([2H])Oc1cc(N(C)CCN(C)C)c(NC(=O)C=C)cc1Nc1nccc(-c2cn(C)c3ccccc23)n1. The van der Waals surface area contributed by atoms with Gasteiger partial charge >= 0.3 is 0 Å². The monoisotopic (exact) mass is 502 g/mol. The first kappa shape index (κ1) is 21.9. The molecule has 0 atom stereocenters. The van der Waals surface area contributed by atoms with E-state index in [2.05, 4.69) is 22.2 Å². The van der Waals surface area contributed by atoms with Crippen molar-refractivity contribution in [2.75, 3.05) is 56.8 Å². The number of carbonyl (C=O) groups is 1. The Hall–Kier alpha value is -4.37. The number of methoxy groups -OCH3 is 1. The Morgan fingerprint density at radius 1 is 1.19 bits per heavy atom. The predicted molar refractivity (Wildman–Crippen MR) is 151 cm³/mol. The zero-order valence-corrected chi connectivity index (χ0v) is 21.4. The van der Waals surface area contributed by atoms with Gasteiger partial charge in [0.05, 0.1) is 33.9 Å². The maximum atomic E-state index is 12.3. The summed E-state index contributed by atoms with van der Waals surface area (Å²) in [5, 5.41) is 6.96. The smallest absolute Gasteiger partial charge is 0.247 e. The molecule has 2 aromatic carbocycles. The number of aromatic nitrogens is 3. The van der Waals surface area contributed by atoms with Crippen molar-refractivity contribution in [2.45, 2.75) is 0 Å². The molecular weight excluding hydrogens is 466 g/mol. The molecule has 0 aliphatic rings. The number of aryl methyl sites for hydroxylation is 1. The number of anilines is 4. The molecule has 4 aromatic rings. The second-order valence-electron chi connectivity index (χ2n) is 8.95. The van der Waals surface area contributed by atoms with Crippen LogP contribution < -0.4 is 20.3 Å². The summed E-state index contributed by atoms with van der Waals surface area (Å²) < 4.78 is 30.6. The molecule has 2 N–H and O–H groups in total.